The Morgan fingerprint density at radius 2 is 1.69 bits per heavy atom. The summed E-state index contributed by atoms with van der Waals surface area (Å²) in [5.41, 5.74) is -1.08. The van der Waals surface area contributed by atoms with E-state index in [9.17, 15) is 14.7 Å². The summed E-state index contributed by atoms with van der Waals surface area (Å²) < 4.78 is 0. The second-order valence-electron chi connectivity index (χ2n) is 5.41. The van der Waals surface area contributed by atoms with Crippen molar-refractivity contribution in [3.8, 4) is 0 Å². The number of carboxylic acids is 1. The number of aliphatic carboxylic acids is 1. The smallest absolute Gasteiger partial charge is 0.319 e. The van der Waals surface area contributed by atoms with Gasteiger partial charge in [0, 0.05) is 13.1 Å². The molecule has 0 aromatic rings. The number of rotatable bonds is 2. The van der Waals surface area contributed by atoms with Crippen LogP contribution < -0.4 is 0 Å². The molecule has 90 valence electrons. The molecule has 0 aromatic heterocycles. The first kappa shape index (κ1) is 11.4. The van der Waals surface area contributed by atoms with E-state index in [0.717, 1.165) is 19.5 Å². The third-order valence-electron chi connectivity index (χ3n) is 4.30. The summed E-state index contributed by atoms with van der Waals surface area (Å²) in [7, 11) is 0. The monoisotopic (exact) mass is 225 g/mol. The number of nitrogens with zero attached hydrogens (tertiary/aromatic N) is 1. The van der Waals surface area contributed by atoms with E-state index in [1.807, 2.05) is 0 Å². The molecule has 2 unspecified atom stereocenters. The van der Waals surface area contributed by atoms with Crippen molar-refractivity contribution >= 4 is 11.9 Å². The first-order valence-electron chi connectivity index (χ1n) is 6.00. The summed E-state index contributed by atoms with van der Waals surface area (Å²) in [5, 5.41) is 9.20. The molecule has 4 heteroatoms. The second kappa shape index (κ2) is 3.75. The molecule has 16 heavy (non-hydrogen) atoms. The van der Waals surface area contributed by atoms with E-state index < -0.39 is 11.4 Å². The Morgan fingerprint density at radius 1 is 1.19 bits per heavy atom. The Hall–Kier alpha value is -1.06. The van der Waals surface area contributed by atoms with Crippen LogP contribution in [0.25, 0.3) is 0 Å². The topological polar surface area (TPSA) is 57.6 Å². The molecular weight excluding hydrogens is 206 g/mol. The molecule has 1 N–H and O–H groups in total. The van der Waals surface area contributed by atoms with Crippen LogP contribution in [0.4, 0.5) is 0 Å². The highest BCUT2D eigenvalue weighted by Crippen LogP contribution is 2.43. The largest absolute Gasteiger partial charge is 0.480 e. The summed E-state index contributed by atoms with van der Waals surface area (Å²) in [6, 6.07) is 0. The van der Waals surface area contributed by atoms with E-state index >= 15 is 0 Å². The van der Waals surface area contributed by atoms with Gasteiger partial charge in [-0.15, -0.1) is 0 Å². The number of amides is 1. The standard InChI is InChI=1S/C12H19NO3/c1-8-6-13(7-9(8)2)10(14)12(11(15)16)4-3-5-12/h8-9H,3-7H2,1-2H3,(H,15,16). The number of likely N-dealkylation sites (tertiary alicyclic amines) is 1. The first-order valence-corrected chi connectivity index (χ1v) is 6.00. The van der Waals surface area contributed by atoms with Gasteiger partial charge < -0.3 is 10.0 Å². The average molecular weight is 225 g/mol. The van der Waals surface area contributed by atoms with Gasteiger partial charge in [0.2, 0.25) is 5.91 Å². The molecule has 2 fully saturated rings. The zero-order valence-corrected chi connectivity index (χ0v) is 9.90. The van der Waals surface area contributed by atoms with E-state index in [1.54, 1.807) is 4.90 Å². The average Bonchev–Trinajstić information content (AvgIpc) is 2.44. The molecule has 2 aliphatic rings. The van der Waals surface area contributed by atoms with Crippen LogP contribution in [0, 0.1) is 17.3 Å². The van der Waals surface area contributed by atoms with Gasteiger partial charge in [0.25, 0.3) is 0 Å². The van der Waals surface area contributed by atoms with Crippen LogP contribution in [-0.4, -0.2) is 35.0 Å². The highest BCUT2D eigenvalue weighted by atomic mass is 16.4. The van der Waals surface area contributed by atoms with E-state index in [1.165, 1.54) is 0 Å². The van der Waals surface area contributed by atoms with Crippen molar-refractivity contribution in [2.45, 2.75) is 33.1 Å². The number of carbonyl (C=O) groups excluding carboxylic acids is 1. The molecular formula is C12H19NO3. The quantitative estimate of drug-likeness (QED) is 0.722. The maximum Gasteiger partial charge on any atom is 0.319 e. The Labute approximate surface area is 95.6 Å². The molecule has 1 aliphatic carbocycles. The lowest BCUT2D eigenvalue weighted by Crippen LogP contribution is -2.52. The molecule has 1 aliphatic heterocycles. The van der Waals surface area contributed by atoms with Gasteiger partial charge in [-0.3, -0.25) is 9.59 Å². The van der Waals surface area contributed by atoms with Crippen molar-refractivity contribution < 1.29 is 14.7 Å². The van der Waals surface area contributed by atoms with Gasteiger partial charge in [0.15, 0.2) is 0 Å². The van der Waals surface area contributed by atoms with Gasteiger partial charge in [-0.25, -0.2) is 0 Å². The van der Waals surface area contributed by atoms with Crippen LogP contribution in [0.2, 0.25) is 0 Å². The van der Waals surface area contributed by atoms with Crippen molar-refractivity contribution in [3.63, 3.8) is 0 Å². The Balaban J connectivity index is 2.10. The minimum atomic E-state index is -1.08. The van der Waals surface area contributed by atoms with E-state index in [-0.39, 0.29) is 5.91 Å². The number of carbonyl (C=O) groups is 2. The lowest BCUT2D eigenvalue weighted by Gasteiger charge is -2.38. The molecule has 1 amide bonds. The van der Waals surface area contributed by atoms with Crippen LogP contribution in [0.3, 0.4) is 0 Å². The van der Waals surface area contributed by atoms with Crippen molar-refractivity contribution in [2.24, 2.45) is 17.3 Å². The highest BCUT2D eigenvalue weighted by Gasteiger charge is 2.53. The lowest BCUT2D eigenvalue weighted by molar-refractivity contribution is -0.167. The molecule has 1 heterocycles. The van der Waals surface area contributed by atoms with Crippen molar-refractivity contribution in [1.82, 2.24) is 4.90 Å². The summed E-state index contributed by atoms with van der Waals surface area (Å²) in [6.45, 7) is 5.67. The maximum absolute atomic E-state index is 12.2. The summed E-state index contributed by atoms with van der Waals surface area (Å²) in [4.78, 5) is 25.2. The van der Waals surface area contributed by atoms with Crippen LogP contribution >= 0.6 is 0 Å². The fourth-order valence-electron chi connectivity index (χ4n) is 2.65. The molecule has 0 aromatic carbocycles. The zero-order valence-electron chi connectivity index (χ0n) is 9.90. The summed E-state index contributed by atoms with van der Waals surface area (Å²) >= 11 is 0. The predicted molar refractivity (Wildman–Crippen MR) is 58.8 cm³/mol. The first-order chi connectivity index (χ1) is 7.47. The normalized spacial score (nSPS) is 32.2. The van der Waals surface area contributed by atoms with Gasteiger partial charge in [-0.1, -0.05) is 20.3 Å². The van der Waals surface area contributed by atoms with Crippen molar-refractivity contribution in [2.75, 3.05) is 13.1 Å². The molecule has 0 bridgehead atoms. The lowest BCUT2D eigenvalue weighted by atomic mass is 9.68. The minimum Gasteiger partial charge on any atom is -0.480 e. The van der Waals surface area contributed by atoms with E-state index in [2.05, 4.69) is 13.8 Å². The minimum absolute atomic E-state index is 0.151. The SMILES string of the molecule is CC1CN(C(=O)C2(C(=O)O)CCC2)CC1C. The molecule has 0 spiro atoms. The van der Waals surface area contributed by atoms with Gasteiger partial charge in [0.1, 0.15) is 5.41 Å². The summed E-state index contributed by atoms with van der Waals surface area (Å²) in [5.74, 6) is -0.122. The van der Waals surface area contributed by atoms with Crippen molar-refractivity contribution in [1.29, 1.82) is 0 Å². The Bertz CT molecular complexity index is 312. The molecule has 0 radical (unpaired) electrons. The van der Waals surface area contributed by atoms with Gasteiger partial charge in [-0.2, -0.15) is 0 Å². The Kier molecular flexibility index (Phi) is 2.68. The number of carboxylic acid groups (broad SMARTS) is 1. The van der Waals surface area contributed by atoms with Crippen LogP contribution in [-0.2, 0) is 9.59 Å². The third kappa shape index (κ3) is 1.51. The van der Waals surface area contributed by atoms with E-state index in [0.29, 0.717) is 24.7 Å². The van der Waals surface area contributed by atoms with Crippen LogP contribution in [0.1, 0.15) is 33.1 Å². The van der Waals surface area contributed by atoms with Crippen LogP contribution in [0.5, 0.6) is 0 Å². The highest BCUT2D eigenvalue weighted by molar-refractivity contribution is 6.02. The third-order valence-corrected chi connectivity index (χ3v) is 4.30. The van der Waals surface area contributed by atoms with E-state index in [4.69, 9.17) is 0 Å². The van der Waals surface area contributed by atoms with Crippen LogP contribution in [0.15, 0.2) is 0 Å². The zero-order chi connectivity index (χ0) is 11.9. The van der Waals surface area contributed by atoms with Gasteiger partial charge >= 0.3 is 5.97 Å². The number of hydrogen-bond donors (Lipinski definition) is 1. The molecule has 1 saturated heterocycles. The molecule has 1 saturated carbocycles. The van der Waals surface area contributed by atoms with Crippen molar-refractivity contribution in [3.05, 3.63) is 0 Å². The molecule has 4 nitrogen and oxygen atoms in total. The fraction of sp³-hybridized carbons (Fsp3) is 0.833. The Morgan fingerprint density at radius 3 is 2.00 bits per heavy atom. The second-order valence-corrected chi connectivity index (χ2v) is 5.41. The molecule has 2 atom stereocenters. The summed E-state index contributed by atoms with van der Waals surface area (Å²) in [6.07, 6.45) is 1.89. The van der Waals surface area contributed by atoms with Gasteiger partial charge in [0.05, 0.1) is 0 Å². The predicted octanol–water partition coefficient (Wildman–Crippen LogP) is 1.36. The molecule has 2 rings (SSSR count). The number of hydrogen-bond acceptors (Lipinski definition) is 2. The maximum atomic E-state index is 12.2. The van der Waals surface area contributed by atoms with Gasteiger partial charge in [-0.05, 0) is 24.7 Å². The fourth-order valence-corrected chi connectivity index (χ4v) is 2.65.